The summed E-state index contributed by atoms with van der Waals surface area (Å²) in [6.07, 6.45) is 4.99. The van der Waals surface area contributed by atoms with Gasteiger partial charge in [0.25, 0.3) is 0 Å². The van der Waals surface area contributed by atoms with E-state index in [0.29, 0.717) is 24.9 Å². The third kappa shape index (κ3) is 4.62. The second-order valence-corrected chi connectivity index (χ2v) is 8.14. The van der Waals surface area contributed by atoms with Gasteiger partial charge < -0.3 is 10.1 Å². The molecule has 1 aliphatic rings. The molecule has 1 amide bonds. The smallest absolute Gasteiger partial charge is 0.244 e. The van der Waals surface area contributed by atoms with E-state index in [1.165, 1.54) is 11.6 Å². The first-order chi connectivity index (χ1) is 12.9. The highest BCUT2D eigenvalue weighted by Gasteiger charge is 2.34. The second kappa shape index (κ2) is 8.59. The van der Waals surface area contributed by atoms with E-state index < -0.39 is 0 Å². The van der Waals surface area contributed by atoms with Gasteiger partial charge in [0.15, 0.2) is 0 Å². The van der Waals surface area contributed by atoms with Crippen molar-refractivity contribution in [1.29, 1.82) is 0 Å². The van der Waals surface area contributed by atoms with E-state index in [9.17, 15) is 4.79 Å². The normalized spacial score (nSPS) is 16.6. The highest BCUT2D eigenvalue weighted by atomic mass is 79.9. The lowest BCUT2D eigenvalue weighted by atomic mass is 9.74. The van der Waals surface area contributed by atoms with Crippen LogP contribution in [0.3, 0.4) is 0 Å². The minimum absolute atomic E-state index is 0.118. The lowest BCUT2D eigenvalue weighted by Gasteiger charge is -2.38. The quantitative estimate of drug-likeness (QED) is 0.697. The number of halogens is 2. The van der Waals surface area contributed by atoms with Gasteiger partial charge in [-0.25, -0.2) is 0 Å². The van der Waals surface area contributed by atoms with Crippen molar-refractivity contribution in [1.82, 2.24) is 15.1 Å². The Morgan fingerprint density at radius 1 is 1.44 bits per heavy atom. The molecule has 0 unspecified atom stereocenters. The molecule has 27 heavy (non-hydrogen) atoms. The molecule has 5 nitrogen and oxygen atoms in total. The molecule has 1 saturated heterocycles. The molecule has 144 valence electrons. The fraction of sp³-hybridized carbons (Fsp3) is 0.400. The van der Waals surface area contributed by atoms with Crippen LogP contribution in [0.15, 0.2) is 34.8 Å². The summed E-state index contributed by atoms with van der Waals surface area (Å²) in [4.78, 5) is 12.4. The average molecular weight is 453 g/mol. The van der Waals surface area contributed by atoms with E-state index >= 15 is 0 Å². The summed E-state index contributed by atoms with van der Waals surface area (Å²) in [7, 11) is 1.78. The minimum Gasteiger partial charge on any atom is -0.381 e. The number of hydrogen-bond donors (Lipinski definition) is 1. The molecular formula is C20H23BrClN3O2. The fourth-order valence-electron chi connectivity index (χ4n) is 3.46. The lowest BCUT2D eigenvalue weighted by Crippen LogP contribution is -2.44. The van der Waals surface area contributed by atoms with Crippen molar-refractivity contribution in [2.24, 2.45) is 7.05 Å². The standard InChI is InChI=1S/C20H23BrClN3O2/c1-14-17(19(22)25(2)24-14)6-7-18(26)23-13-20(8-10-27-11-9-20)15-4-3-5-16(21)12-15/h3-7,12H,8-11,13H2,1-2H3,(H,23,26)/b7-6+. The largest absolute Gasteiger partial charge is 0.381 e. The maximum Gasteiger partial charge on any atom is 0.244 e. The molecule has 0 spiro atoms. The van der Waals surface area contributed by atoms with Crippen LogP contribution in [0.5, 0.6) is 0 Å². The molecule has 0 bridgehead atoms. The van der Waals surface area contributed by atoms with Gasteiger partial charge in [0, 0.05) is 48.3 Å². The van der Waals surface area contributed by atoms with Crippen LogP contribution in [0.2, 0.25) is 5.15 Å². The van der Waals surface area contributed by atoms with Crippen LogP contribution in [-0.4, -0.2) is 35.4 Å². The summed E-state index contributed by atoms with van der Waals surface area (Å²) in [5, 5.41) is 7.83. The number of nitrogens with zero attached hydrogens (tertiary/aromatic N) is 2. The second-order valence-electron chi connectivity index (χ2n) is 6.87. The molecule has 2 aromatic rings. The number of rotatable bonds is 5. The lowest BCUT2D eigenvalue weighted by molar-refractivity contribution is -0.116. The van der Waals surface area contributed by atoms with Gasteiger partial charge in [-0.2, -0.15) is 5.10 Å². The van der Waals surface area contributed by atoms with Gasteiger partial charge in [-0.3, -0.25) is 9.48 Å². The van der Waals surface area contributed by atoms with E-state index in [-0.39, 0.29) is 11.3 Å². The van der Waals surface area contributed by atoms with Crippen molar-refractivity contribution >= 4 is 39.5 Å². The number of carbonyl (C=O) groups is 1. The Morgan fingerprint density at radius 3 is 2.81 bits per heavy atom. The molecule has 0 saturated carbocycles. The van der Waals surface area contributed by atoms with E-state index in [1.54, 1.807) is 17.8 Å². The monoisotopic (exact) mass is 451 g/mol. The molecule has 0 atom stereocenters. The Morgan fingerprint density at radius 2 is 2.19 bits per heavy atom. The fourth-order valence-corrected chi connectivity index (χ4v) is 4.09. The highest BCUT2D eigenvalue weighted by Crippen LogP contribution is 2.35. The third-order valence-corrected chi connectivity index (χ3v) is 6.03. The Labute approximate surface area is 172 Å². The maximum atomic E-state index is 12.4. The minimum atomic E-state index is -0.143. The molecular weight excluding hydrogens is 430 g/mol. The summed E-state index contributed by atoms with van der Waals surface area (Å²) in [6, 6.07) is 8.30. The van der Waals surface area contributed by atoms with Crippen molar-refractivity contribution in [3.8, 4) is 0 Å². The Hall–Kier alpha value is -1.63. The first-order valence-electron chi connectivity index (χ1n) is 8.90. The van der Waals surface area contributed by atoms with Crippen molar-refractivity contribution in [3.63, 3.8) is 0 Å². The van der Waals surface area contributed by atoms with Crippen molar-refractivity contribution in [3.05, 3.63) is 56.8 Å². The average Bonchev–Trinajstić information content (AvgIpc) is 2.91. The summed E-state index contributed by atoms with van der Waals surface area (Å²) >= 11 is 9.76. The molecule has 0 radical (unpaired) electrons. The molecule has 3 rings (SSSR count). The van der Waals surface area contributed by atoms with Gasteiger partial charge in [-0.05, 0) is 43.5 Å². The van der Waals surface area contributed by atoms with Crippen molar-refractivity contribution < 1.29 is 9.53 Å². The number of aryl methyl sites for hydroxylation is 2. The highest BCUT2D eigenvalue weighted by molar-refractivity contribution is 9.10. The van der Waals surface area contributed by atoms with Crippen LogP contribution in [0.1, 0.15) is 29.7 Å². The van der Waals surface area contributed by atoms with Crippen LogP contribution in [-0.2, 0) is 22.0 Å². The van der Waals surface area contributed by atoms with Gasteiger partial charge in [-0.15, -0.1) is 0 Å². The number of ether oxygens (including phenoxy) is 1. The predicted molar refractivity (Wildman–Crippen MR) is 111 cm³/mol. The third-order valence-electron chi connectivity index (χ3n) is 5.09. The first kappa shape index (κ1) is 20.1. The summed E-state index contributed by atoms with van der Waals surface area (Å²) < 4.78 is 8.19. The first-order valence-corrected chi connectivity index (χ1v) is 10.1. The molecule has 1 aliphatic heterocycles. The molecule has 1 aromatic carbocycles. The van der Waals surface area contributed by atoms with Crippen LogP contribution >= 0.6 is 27.5 Å². The Kier molecular flexibility index (Phi) is 6.40. The number of aromatic nitrogens is 2. The summed E-state index contributed by atoms with van der Waals surface area (Å²) in [5.74, 6) is -0.143. The summed E-state index contributed by atoms with van der Waals surface area (Å²) in [5.41, 5.74) is 2.66. The van der Waals surface area contributed by atoms with Gasteiger partial charge >= 0.3 is 0 Å². The maximum absolute atomic E-state index is 12.4. The van der Waals surface area contributed by atoms with E-state index in [0.717, 1.165) is 28.6 Å². The van der Waals surface area contributed by atoms with E-state index in [4.69, 9.17) is 16.3 Å². The zero-order valence-electron chi connectivity index (χ0n) is 15.5. The molecule has 2 heterocycles. The summed E-state index contributed by atoms with van der Waals surface area (Å²) in [6.45, 7) is 3.83. The van der Waals surface area contributed by atoms with Crippen LogP contribution in [0.4, 0.5) is 0 Å². The number of amides is 1. The van der Waals surface area contributed by atoms with Crippen molar-refractivity contribution in [2.45, 2.75) is 25.2 Å². The van der Waals surface area contributed by atoms with Gasteiger partial charge in [0.2, 0.25) is 5.91 Å². The molecule has 7 heteroatoms. The Balaban J connectivity index is 1.72. The van der Waals surface area contributed by atoms with E-state index in [1.807, 2.05) is 19.1 Å². The SMILES string of the molecule is Cc1nn(C)c(Cl)c1/C=C/C(=O)NCC1(c2cccc(Br)c2)CCOCC1. The number of nitrogens with one attached hydrogen (secondary N) is 1. The Bertz CT molecular complexity index is 857. The van der Waals surface area contributed by atoms with E-state index in [2.05, 4.69) is 38.5 Å². The van der Waals surface area contributed by atoms with Gasteiger partial charge in [0.05, 0.1) is 5.69 Å². The van der Waals surface area contributed by atoms with Crippen LogP contribution in [0, 0.1) is 6.92 Å². The molecule has 1 fully saturated rings. The van der Waals surface area contributed by atoms with Crippen molar-refractivity contribution in [2.75, 3.05) is 19.8 Å². The molecule has 1 aromatic heterocycles. The van der Waals surface area contributed by atoms with Gasteiger partial charge in [0.1, 0.15) is 5.15 Å². The molecule has 1 N–H and O–H groups in total. The van der Waals surface area contributed by atoms with Crippen LogP contribution < -0.4 is 5.32 Å². The predicted octanol–water partition coefficient (Wildman–Crippen LogP) is 4.02. The molecule has 0 aliphatic carbocycles. The van der Waals surface area contributed by atoms with Gasteiger partial charge in [-0.1, -0.05) is 39.7 Å². The zero-order chi connectivity index (χ0) is 19.4. The number of hydrogen-bond acceptors (Lipinski definition) is 3. The van der Waals surface area contributed by atoms with Crippen LogP contribution in [0.25, 0.3) is 6.08 Å². The zero-order valence-corrected chi connectivity index (χ0v) is 17.8. The number of carbonyl (C=O) groups excluding carboxylic acids is 1. The topological polar surface area (TPSA) is 56.2 Å². The number of benzene rings is 1.